The number of aromatic amines is 1. The summed E-state index contributed by atoms with van der Waals surface area (Å²) in [6, 6.07) is 10.2. The molecule has 7 heteroatoms. The van der Waals surface area contributed by atoms with E-state index in [2.05, 4.69) is 9.88 Å². The Hall–Kier alpha value is -2.12. The minimum absolute atomic E-state index is 0.144. The lowest BCUT2D eigenvalue weighted by Gasteiger charge is -2.35. The highest BCUT2D eigenvalue weighted by molar-refractivity contribution is 7.89. The largest absolute Gasteiger partial charge is 0.368 e. The minimum atomic E-state index is -3.44. The molecule has 0 saturated carbocycles. The molecule has 1 aliphatic rings. The van der Waals surface area contributed by atoms with Crippen LogP contribution in [0.3, 0.4) is 0 Å². The van der Waals surface area contributed by atoms with Crippen molar-refractivity contribution in [1.82, 2.24) is 9.29 Å². The summed E-state index contributed by atoms with van der Waals surface area (Å²) in [5.74, 6) is 0. The van der Waals surface area contributed by atoms with Crippen molar-refractivity contribution in [3.8, 4) is 0 Å². The summed E-state index contributed by atoms with van der Waals surface area (Å²) >= 11 is 0. The summed E-state index contributed by atoms with van der Waals surface area (Å²) < 4.78 is 26.8. The van der Waals surface area contributed by atoms with Crippen molar-refractivity contribution in [3.63, 3.8) is 0 Å². The molecule has 0 bridgehead atoms. The third-order valence-electron chi connectivity index (χ3n) is 4.03. The zero-order chi connectivity index (χ0) is 16.4. The predicted octanol–water partition coefficient (Wildman–Crippen LogP) is 1.19. The van der Waals surface area contributed by atoms with Crippen molar-refractivity contribution in [2.24, 2.45) is 0 Å². The topological polar surface area (TPSA) is 73.5 Å². The number of nitrogens with zero attached hydrogens (tertiary/aromatic N) is 2. The van der Waals surface area contributed by atoms with Crippen LogP contribution in [-0.4, -0.2) is 43.9 Å². The maximum Gasteiger partial charge on any atom is 0.248 e. The lowest BCUT2D eigenvalue weighted by Crippen LogP contribution is -2.48. The Kier molecular flexibility index (Phi) is 4.23. The Bertz CT molecular complexity index is 815. The number of piperazine rings is 1. The quantitative estimate of drug-likeness (QED) is 0.916. The third kappa shape index (κ3) is 3.30. The van der Waals surface area contributed by atoms with Crippen LogP contribution >= 0.6 is 0 Å². The Labute approximate surface area is 135 Å². The SMILES string of the molecule is Cc1ccc(S(=O)(=O)N2CCN(c3ccc(=O)[nH]c3)CC2)cc1. The van der Waals surface area contributed by atoms with Crippen LogP contribution in [-0.2, 0) is 10.0 Å². The lowest BCUT2D eigenvalue weighted by atomic mass is 10.2. The van der Waals surface area contributed by atoms with Gasteiger partial charge in [-0.05, 0) is 25.1 Å². The molecule has 1 aliphatic heterocycles. The predicted molar refractivity (Wildman–Crippen MR) is 89.2 cm³/mol. The molecule has 1 aromatic heterocycles. The van der Waals surface area contributed by atoms with Crippen LogP contribution < -0.4 is 10.5 Å². The number of H-pyrrole nitrogens is 1. The molecule has 0 amide bonds. The summed E-state index contributed by atoms with van der Waals surface area (Å²) in [4.78, 5) is 16.1. The maximum atomic E-state index is 12.6. The van der Waals surface area contributed by atoms with E-state index >= 15 is 0 Å². The van der Waals surface area contributed by atoms with E-state index in [-0.39, 0.29) is 5.56 Å². The monoisotopic (exact) mass is 333 g/mol. The molecule has 2 aromatic rings. The van der Waals surface area contributed by atoms with Gasteiger partial charge in [-0.15, -0.1) is 0 Å². The molecule has 0 radical (unpaired) electrons. The second-order valence-electron chi connectivity index (χ2n) is 5.62. The molecule has 0 atom stereocenters. The van der Waals surface area contributed by atoms with Gasteiger partial charge in [0.2, 0.25) is 15.6 Å². The van der Waals surface area contributed by atoms with Crippen molar-refractivity contribution in [2.45, 2.75) is 11.8 Å². The zero-order valence-electron chi connectivity index (χ0n) is 12.9. The molecule has 6 nitrogen and oxygen atoms in total. The maximum absolute atomic E-state index is 12.6. The van der Waals surface area contributed by atoms with E-state index in [1.54, 1.807) is 24.4 Å². The summed E-state index contributed by atoms with van der Waals surface area (Å²) in [7, 11) is -3.44. The molecule has 0 aliphatic carbocycles. The first kappa shape index (κ1) is 15.8. The van der Waals surface area contributed by atoms with Gasteiger partial charge < -0.3 is 9.88 Å². The average Bonchev–Trinajstić information content (AvgIpc) is 2.56. The van der Waals surface area contributed by atoms with Gasteiger partial charge in [0.1, 0.15) is 0 Å². The average molecular weight is 333 g/mol. The molecular weight excluding hydrogens is 314 g/mol. The number of rotatable bonds is 3. The third-order valence-corrected chi connectivity index (χ3v) is 5.94. The van der Waals surface area contributed by atoms with Crippen LogP contribution in [0.5, 0.6) is 0 Å². The number of nitrogens with one attached hydrogen (secondary N) is 1. The van der Waals surface area contributed by atoms with E-state index in [1.807, 2.05) is 19.1 Å². The first-order valence-corrected chi connectivity index (χ1v) is 8.91. The van der Waals surface area contributed by atoms with Gasteiger partial charge in [-0.25, -0.2) is 8.42 Å². The van der Waals surface area contributed by atoms with E-state index in [4.69, 9.17) is 0 Å². The summed E-state index contributed by atoms with van der Waals surface area (Å²) in [6.45, 7) is 3.97. The standard InChI is InChI=1S/C16H19N3O3S/c1-13-2-5-15(6-3-13)23(21,22)19-10-8-18(9-11-19)14-4-7-16(20)17-12-14/h2-7,12H,8-11H2,1H3,(H,17,20). The van der Waals surface area contributed by atoms with Crippen LogP contribution in [0.2, 0.25) is 0 Å². The summed E-state index contributed by atoms with van der Waals surface area (Å²) in [5, 5.41) is 0. The molecule has 0 unspecified atom stereocenters. The highest BCUT2D eigenvalue weighted by atomic mass is 32.2. The smallest absolute Gasteiger partial charge is 0.248 e. The second kappa shape index (κ2) is 6.17. The zero-order valence-corrected chi connectivity index (χ0v) is 13.7. The fraction of sp³-hybridized carbons (Fsp3) is 0.312. The van der Waals surface area contributed by atoms with Crippen molar-refractivity contribution >= 4 is 15.7 Å². The highest BCUT2D eigenvalue weighted by Crippen LogP contribution is 2.20. The van der Waals surface area contributed by atoms with Gasteiger partial charge in [0.15, 0.2) is 0 Å². The van der Waals surface area contributed by atoms with Crippen molar-refractivity contribution in [2.75, 3.05) is 31.1 Å². The number of hydrogen-bond donors (Lipinski definition) is 1. The van der Waals surface area contributed by atoms with Gasteiger partial charge in [0, 0.05) is 38.4 Å². The molecule has 122 valence electrons. The van der Waals surface area contributed by atoms with Crippen molar-refractivity contribution < 1.29 is 8.42 Å². The highest BCUT2D eigenvalue weighted by Gasteiger charge is 2.28. The molecular formula is C16H19N3O3S. The summed E-state index contributed by atoms with van der Waals surface area (Å²) in [6.07, 6.45) is 1.66. The molecule has 1 aromatic carbocycles. The molecule has 1 saturated heterocycles. The Morgan fingerprint density at radius 1 is 0.957 bits per heavy atom. The summed E-state index contributed by atoms with van der Waals surface area (Å²) in [5.41, 5.74) is 1.79. The second-order valence-corrected chi connectivity index (χ2v) is 7.55. The van der Waals surface area contributed by atoms with E-state index in [0.29, 0.717) is 31.1 Å². The van der Waals surface area contributed by atoms with E-state index in [0.717, 1.165) is 11.3 Å². The lowest BCUT2D eigenvalue weighted by molar-refractivity contribution is 0.385. The number of hydrogen-bond acceptors (Lipinski definition) is 4. The Morgan fingerprint density at radius 2 is 1.61 bits per heavy atom. The molecule has 1 fully saturated rings. The Balaban J connectivity index is 1.72. The van der Waals surface area contributed by atoms with Gasteiger partial charge >= 0.3 is 0 Å². The fourth-order valence-corrected chi connectivity index (χ4v) is 4.07. The van der Waals surface area contributed by atoms with Crippen LogP contribution in [0.25, 0.3) is 0 Å². The van der Waals surface area contributed by atoms with Crippen LogP contribution in [0, 0.1) is 6.92 Å². The van der Waals surface area contributed by atoms with Crippen LogP contribution in [0.1, 0.15) is 5.56 Å². The normalized spacial score (nSPS) is 16.5. The van der Waals surface area contributed by atoms with Crippen molar-refractivity contribution in [1.29, 1.82) is 0 Å². The first-order valence-electron chi connectivity index (χ1n) is 7.47. The molecule has 1 N–H and O–H groups in total. The number of sulfonamides is 1. The molecule has 2 heterocycles. The number of anilines is 1. The van der Waals surface area contributed by atoms with E-state index in [9.17, 15) is 13.2 Å². The Morgan fingerprint density at radius 3 is 2.17 bits per heavy atom. The number of aromatic nitrogens is 1. The van der Waals surface area contributed by atoms with Crippen LogP contribution in [0.4, 0.5) is 5.69 Å². The van der Waals surface area contributed by atoms with Gasteiger partial charge in [-0.1, -0.05) is 17.7 Å². The van der Waals surface area contributed by atoms with Crippen LogP contribution in [0.15, 0.2) is 52.3 Å². The fourth-order valence-electron chi connectivity index (χ4n) is 2.65. The first-order chi connectivity index (χ1) is 11.0. The van der Waals surface area contributed by atoms with E-state index < -0.39 is 10.0 Å². The van der Waals surface area contributed by atoms with Gasteiger partial charge in [0.25, 0.3) is 0 Å². The molecule has 3 rings (SSSR count). The molecule has 23 heavy (non-hydrogen) atoms. The van der Waals surface area contributed by atoms with Gasteiger partial charge in [-0.3, -0.25) is 4.79 Å². The molecule has 0 spiro atoms. The number of aryl methyl sites for hydroxylation is 1. The number of benzene rings is 1. The van der Waals surface area contributed by atoms with Crippen molar-refractivity contribution in [3.05, 3.63) is 58.5 Å². The van der Waals surface area contributed by atoms with Gasteiger partial charge in [0.05, 0.1) is 10.6 Å². The number of pyridine rings is 1. The minimum Gasteiger partial charge on any atom is -0.368 e. The van der Waals surface area contributed by atoms with Gasteiger partial charge in [-0.2, -0.15) is 4.31 Å². The van der Waals surface area contributed by atoms with E-state index in [1.165, 1.54) is 10.4 Å².